The number of nitrogens with two attached hydrogens (primary N) is 2. The second-order valence-electron chi connectivity index (χ2n) is 10.1. The molecule has 0 spiro atoms. The lowest BCUT2D eigenvalue weighted by molar-refractivity contribution is -0.112. The molecule has 1 aromatic carbocycles. The number of piperidine rings is 1. The van der Waals surface area contributed by atoms with Gasteiger partial charge in [-0.05, 0) is 57.9 Å². The van der Waals surface area contributed by atoms with Gasteiger partial charge in [-0.2, -0.15) is 5.10 Å². The number of para-hydroxylation sites is 1. The highest BCUT2D eigenvalue weighted by molar-refractivity contribution is 6.24. The van der Waals surface area contributed by atoms with E-state index < -0.39 is 11.5 Å². The van der Waals surface area contributed by atoms with Crippen LogP contribution in [0, 0.1) is 0 Å². The molecule has 0 atom stereocenters. The van der Waals surface area contributed by atoms with Crippen LogP contribution >= 0.6 is 0 Å². The molecule has 0 aliphatic carbocycles. The van der Waals surface area contributed by atoms with E-state index in [0.717, 1.165) is 29.8 Å². The number of primary amides is 1. The van der Waals surface area contributed by atoms with Crippen molar-refractivity contribution in [3.8, 4) is 11.3 Å². The van der Waals surface area contributed by atoms with Gasteiger partial charge in [-0.3, -0.25) is 9.48 Å². The van der Waals surface area contributed by atoms with Crippen molar-refractivity contribution in [1.29, 1.82) is 0 Å². The van der Waals surface area contributed by atoms with Crippen molar-refractivity contribution in [3.63, 3.8) is 0 Å². The van der Waals surface area contributed by atoms with Crippen LogP contribution in [0.25, 0.3) is 22.9 Å². The number of rotatable bonds is 5. The summed E-state index contributed by atoms with van der Waals surface area (Å²) < 4.78 is 9.46. The van der Waals surface area contributed by atoms with Crippen molar-refractivity contribution in [1.82, 2.24) is 19.2 Å². The summed E-state index contributed by atoms with van der Waals surface area (Å²) in [5.41, 5.74) is 15.5. The number of aromatic nitrogens is 3. The van der Waals surface area contributed by atoms with E-state index in [-0.39, 0.29) is 12.1 Å². The Kier molecular flexibility index (Phi) is 6.92. The monoisotopic (exact) mass is 490 g/mol. The molecule has 0 radical (unpaired) electrons. The summed E-state index contributed by atoms with van der Waals surface area (Å²) in [4.78, 5) is 26.3. The minimum absolute atomic E-state index is 0.208. The average molecular weight is 491 g/mol. The average Bonchev–Trinajstić information content (AvgIpc) is 3.44. The summed E-state index contributed by atoms with van der Waals surface area (Å²) in [7, 11) is 1.94. The maximum absolute atomic E-state index is 12.4. The van der Waals surface area contributed by atoms with Gasteiger partial charge in [0.25, 0.3) is 0 Å². The van der Waals surface area contributed by atoms with Crippen molar-refractivity contribution in [2.75, 3.05) is 18.8 Å². The fourth-order valence-electron chi connectivity index (χ4n) is 4.44. The van der Waals surface area contributed by atoms with E-state index >= 15 is 0 Å². The Morgan fingerprint density at radius 3 is 2.44 bits per heavy atom. The normalized spacial score (nSPS) is 15.2. The smallest absolute Gasteiger partial charge is 0.410 e. The van der Waals surface area contributed by atoms with Gasteiger partial charge in [-0.1, -0.05) is 18.2 Å². The number of hydrogen-bond donors (Lipinski definition) is 2. The number of nitrogen functional groups attached to an aromatic ring is 1. The summed E-state index contributed by atoms with van der Waals surface area (Å²) in [6.45, 7) is 6.89. The lowest BCUT2D eigenvalue weighted by atomic mass is 10.0. The van der Waals surface area contributed by atoms with Crippen molar-refractivity contribution in [2.45, 2.75) is 45.3 Å². The Morgan fingerprint density at radius 1 is 1.11 bits per heavy atom. The maximum Gasteiger partial charge on any atom is 0.410 e. The topological polar surface area (TPSA) is 121 Å². The zero-order chi connectivity index (χ0) is 26.0. The van der Waals surface area contributed by atoms with E-state index in [0.29, 0.717) is 29.9 Å². The first-order chi connectivity index (χ1) is 17.0. The van der Waals surface area contributed by atoms with Crippen LogP contribution in [-0.4, -0.2) is 49.9 Å². The molecular weight excluding hydrogens is 456 g/mol. The fraction of sp³-hybridized carbons (Fsp3) is 0.370. The lowest BCUT2D eigenvalue weighted by Gasteiger charge is -2.33. The van der Waals surface area contributed by atoms with E-state index in [1.54, 1.807) is 23.1 Å². The van der Waals surface area contributed by atoms with Gasteiger partial charge in [-0.25, -0.2) is 4.79 Å². The summed E-state index contributed by atoms with van der Waals surface area (Å²) in [6, 6.07) is 11.3. The SMILES string of the molecule is Cn1c(C=C(C(N)=O)c2ccccc2N)ccc1-c1cnn(C2CCN(C(=O)OC(C)(C)C)CC2)c1. The molecule has 4 rings (SSSR count). The second-order valence-corrected chi connectivity index (χ2v) is 10.1. The molecule has 1 saturated heterocycles. The van der Waals surface area contributed by atoms with Gasteiger partial charge in [0.15, 0.2) is 0 Å². The quantitative estimate of drug-likeness (QED) is 0.412. The number of likely N-dealkylation sites (tertiary alicyclic amines) is 1. The van der Waals surface area contributed by atoms with E-state index in [1.807, 2.05) is 73.7 Å². The Hall–Kier alpha value is -4.01. The zero-order valence-corrected chi connectivity index (χ0v) is 21.3. The molecule has 2 aromatic heterocycles. The molecule has 9 nitrogen and oxygen atoms in total. The Bertz CT molecular complexity index is 1290. The van der Waals surface area contributed by atoms with Crippen molar-refractivity contribution >= 4 is 29.3 Å². The molecule has 1 aliphatic rings. The molecule has 0 bridgehead atoms. The van der Waals surface area contributed by atoms with Crippen LogP contribution in [0.1, 0.15) is 50.9 Å². The van der Waals surface area contributed by atoms with Crippen LogP contribution in [0.5, 0.6) is 0 Å². The third-order valence-corrected chi connectivity index (χ3v) is 6.36. The summed E-state index contributed by atoms with van der Waals surface area (Å²) in [5.74, 6) is -0.541. The molecule has 190 valence electrons. The minimum atomic E-state index is -0.541. The van der Waals surface area contributed by atoms with Crippen molar-refractivity contribution in [3.05, 3.63) is 60.0 Å². The number of nitrogens with zero attached hydrogens (tertiary/aromatic N) is 4. The standard InChI is InChI=1S/C27H34N6O3/c1-27(2,3)36-26(35)32-13-11-19(12-14-32)33-17-18(16-30-33)24-10-9-20(31(24)4)15-22(25(29)34)21-7-5-6-8-23(21)28/h5-10,15-17,19H,11-14,28H2,1-4H3,(H2,29,34). The van der Waals surface area contributed by atoms with Crippen LogP contribution < -0.4 is 11.5 Å². The molecule has 9 heteroatoms. The first-order valence-corrected chi connectivity index (χ1v) is 12.1. The fourth-order valence-corrected chi connectivity index (χ4v) is 4.44. The van der Waals surface area contributed by atoms with Crippen molar-refractivity contribution < 1.29 is 14.3 Å². The first-order valence-electron chi connectivity index (χ1n) is 12.1. The molecule has 1 fully saturated rings. The highest BCUT2D eigenvalue weighted by Crippen LogP contribution is 2.29. The molecule has 36 heavy (non-hydrogen) atoms. The van der Waals surface area contributed by atoms with E-state index in [1.165, 1.54) is 0 Å². The number of ether oxygens (including phenoxy) is 1. The van der Waals surface area contributed by atoms with Crippen LogP contribution in [-0.2, 0) is 16.6 Å². The summed E-state index contributed by atoms with van der Waals surface area (Å²) in [5, 5.41) is 4.61. The Morgan fingerprint density at radius 2 is 1.81 bits per heavy atom. The van der Waals surface area contributed by atoms with Crippen LogP contribution in [0.15, 0.2) is 48.8 Å². The maximum atomic E-state index is 12.4. The third-order valence-electron chi connectivity index (χ3n) is 6.36. The Labute approximate surface area is 211 Å². The van der Waals surface area contributed by atoms with E-state index in [2.05, 4.69) is 5.10 Å². The lowest BCUT2D eigenvalue weighted by Crippen LogP contribution is -2.42. The van der Waals surface area contributed by atoms with Crippen LogP contribution in [0.3, 0.4) is 0 Å². The zero-order valence-electron chi connectivity index (χ0n) is 21.3. The molecule has 3 aromatic rings. The molecular formula is C27H34N6O3. The van der Waals surface area contributed by atoms with Crippen molar-refractivity contribution in [2.24, 2.45) is 12.8 Å². The predicted octanol–water partition coefficient (Wildman–Crippen LogP) is 4.07. The second kappa shape index (κ2) is 9.93. The minimum Gasteiger partial charge on any atom is -0.444 e. The van der Waals surface area contributed by atoms with Crippen LogP contribution in [0.2, 0.25) is 0 Å². The van der Waals surface area contributed by atoms with Gasteiger partial charge in [0, 0.05) is 48.8 Å². The largest absolute Gasteiger partial charge is 0.444 e. The third kappa shape index (κ3) is 5.45. The van der Waals surface area contributed by atoms with Gasteiger partial charge >= 0.3 is 6.09 Å². The van der Waals surface area contributed by atoms with Gasteiger partial charge in [0.2, 0.25) is 5.91 Å². The number of carbonyl (C=O) groups excluding carboxylic acids is 2. The predicted molar refractivity (Wildman–Crippen MR) is 141 cm³/mol. The highest BCUT2D eigenvalue weighted by Gasteiger charge is 2.28. The van der Waals surface area contributed by atoms with Gasteiger partial charge < -0.3 is 25.7 Å². The number of benzene rings is 1. The first kappa shape index (κ1) is 25.1. The van der Waals surface area contributed by atoms with Gasteiger partial charge in [0.05, 0.1) is 23.5 Å². The van der Waals surface area contributed by atoms with E-state index in [4.69, 9.17) is 16.2 Å². The molecule has 0 saturated carbocycles. The highest BCUT2D eigenvalue weighted by atomic mass is 16.6. The van der Waals surface area contributed by atoms with Gasteiger partial charge in [-0.15, -0.1) is 0 Å². The number of hydrogen-bond acceptors (Lipinski definition) is 5. The number of anilines is 1. The molecule has 2 amide bonds. The Balaban J connectivity index is 1.49. The molecule has 4 N–H and O–H groups in total. The number of amides is 2. The number of carbonyl (C=O) groups is 2. The summed E-state index contributed by atoms with van der Waals surface area (Å²) >= 11 is 0. The van der Waals surface area contributed by atoms with Crippen LogP contribution in [0.4, 0.5) is 10.5 Å². The molecule has 0 unspecified atom stereocenters. The molecule has 3 heterocycles. The molecule has 1 aliphatic heterocycles. The summed E-state index contributed by atoms with van der Waals surface area (Å²) in [6.07, 6.45) is 6.98. The van der Waals surface area contributed by atoms with Gasteiger partial charge in [0.1, 0.15) is 5.60 Å². The van der Waals surface area contributed by atoms with E-state index in [9.17, 15) is 9.59 Å².